The molecule has 1 aliphatic carbocycles. The summed E-state index contributed by atoms with van der Waals surface area (Å²) in [6.45, 7) is 6.20. The van der Waals surface area contributed by atoms with E-state index in [9.17, 15) is 0 Å². The van der Waals surface area contributed by atoms with Gasteiger partial charge in [-0.25, -0.2) is 0 Å². The summed E-state index contributed by atoms with van der Waals surface area (Å²) in [5.74, 6) is 0.950. The molecule has 80 valence electrons. The first-order chi connectivity index (χ1) is 7.35. The summed E-state index contributed by atoms with van der Waals surface area (Å²) >= 11 is 0. The molecule has 1 heterocycles. The van der Waals surface area contributed by atoms with Crippen LogP contribution in [0.15, 0.2) is 30.3 Å². The van der Waals surface area contributed by atoms with Gasteiger partial charge in [0.25, 0.3) is 0 Å². The van der Waals surface area contributed by atoms with E-state index in [1.807, 2.05) is 0 Å². The molecule has 0 N–H and O–H groups in total. The fourth-order valence-electron chi connectivity index (χ4n) is 3.29. The number of likely N-dealkylation sites (tertiary alicyclic amines) is 1. The van der Waals surface area contributed by atoms with Crippen molar-refractivity contribution in [1.82, 2.24) is 4.90 Å². The van der Waals surface area contributed by atoms with E-state index in [2.05, 4.69) is 42.2 Å². The van der Waals surface area contributed by atoms with Crippen molar-refractivity contribution in [3.8, 4) is 0 Å². The number of hydrogen-bond donors (Lipinski definition) is 0. The molecule has 1 aromatic carbocycles. The van der Waals surface area contributed by atoms with Crippen molar-refractivity contribution < 1.29 is 0 Å². The Kier molecular flexibility index (Phi) is 2.10. The van der Waals surface area contributed by atoms with Crippen LogP contribution in [0.1, 0.15) is 25.3 Å². The van der Waals surface area contributed by atoms with Gasteiger partial charge in [0.1, 0.15) is 0 Å². The molecule has 15 heavy (non-hydrogen) atoms. The fraction of sp³-hybridized carbons (Fsp3) is 0.571. The highest BCUT2D eigenvalue weighted by Gasteiger charge is 2.60. The van der Waals surface area contributed by atoms with E-state index in [1.165, 1.54) is 32.5 Å². The maximum atomic E-state index is 2.64. The average Bonchev–Trinajstić information content (AvgIpc) is 2.85. The third kappa shape index (κ3) is 1.41. The molecule has 1 aromatic rings. The zero-order valence-electron chi connectivity index (χ0n) is 9.45. The van der Waals surface area contributed by atoms with Gasteiger partial charge in [-0.1, -0.05) is 37.3 Å². The van der Waals surface area contributed by atoms with Crippen LogP contribution in [0.3, 0.4) is 0 Å². The second kappa shape index (κ2) is 3.34. The summed E-state index contributed by atoms with van der Waals surface area (Å²) < 4.78 is 0. The van der Waals surface area contributed by atoms with Crippen molar-refractivity contribution >= 4 is 0 Å². The van der Waals surface area contributed by atoms with E-state index < -0.39 is 0 Å². The molecule has 0 amide bonds. The topological polar surface area (TPSA) is 3.24 Å². The van der Waals surface area contributed by atoms with Crippen molar-refractivity contribution in [2.24, 2.45) is 5.92 Å². The third-order valence-corrected chi connectivity index (χ3v) is 4.10. The van der Waals surface area contributed by atoms with Gasteiger partial charge < -0.3 is 4.90 Å². The van der Waals surface area contributed by atoms with Gasteiger partial charge in [-0.2, -0.15) is 0 Å². The minimum absolute atomic E-state index is 0.552. The smallest absolute Gasteiger partial charge is 0.0124 e. The first kappa shape index (κ1) is 9.41. The number of benzene rings is 1. The minimum atomic E-state index is 0.552. The zero-order chi connectivity index (χ0) is 10.3. The lowest BCUT2D eigenvalue weighted by Gasteiger charge is -2.20. The van der Waals surface area contributed by atoms with Crippen LogP contribution in [0.5, 0.6) is 0 Å². The molecule has 1 aliphatic heterocycles. The standard InChI is InChI=1S/C14H19N/c1-2-8-15-10-13-9-14(13,11-15)12-6-4-3-5-7-12/h3-7,13H,2,8-11H2,1H3. The van der Waals surface area contributed by atoms with Crippen LogP contribution < -0.4 is 0 Å². The SMILES string of the molecule is CCCN1CC2CC2(c2ccccc2)C1. The molecular formula is C14H19N. The highest BCUT2D eigenvalue weighted by Crippen LogP contribution is 2.58. The Morgan fingerprint density at radius 1 is 1.33 bits per heavy atom. The third-order valence-electron chi connectivity index (χ3n) is 4.10. The Labute approximate surface area is 92.1 Å². The summed E-state index contributed by atoms with van der Waals surface area (Å²) in [7, 11) is 0. The van der Waals surface area contributed by atoms with Crippen LogP contribution in [0.4, 0.5) is 0 Å². The molecule has 2 atom stereocenters. The van der Waals surface area contributed by atoms with Crippen molar-refractivity contribution in [2.45, 2.75) is 25.2 Å². The van der Waals surface area contributed by atoms with E-state index in [0.29, 0.717) is 5.41 Å². The predicted octanol–water partition coefficient (Wildman–Crippen LogP) is 2.67. The molecule has 2 aliphatic rings. The summed E-state index contributed by atoms with van der Waals surface area (Å²) in [5.41, 5.74) is 2.13. The van der Waals surface area contributed by atoms with Crippen molar-refractivity contribution in [3.05, 3.63) is 35.9 Å². The van der Waals surface area contributed by atoms with Gasteiger partial charge in [0, 0.05) is 18.5 Å². The summed E-state index contributed by atoms with van der Waals surface area (Å²) in [4.78, 5) is 2.64. The second-order valence-corrected chi connectivity index (χ2v) is 5.16. The van der Waals surface area contributed by atoms with Gasteiger partial charge in [-0.3, -0.25) is 0 Å². The van der Waals surface area contributed by atoms with Gasteiger partial charge in [0.05, 0.1) is 0 Å². The molecule has 0 bridgehead atoms. The Bertz CT molecular complexity index is 346. The fourth-order valence-corrected chi connectivity index (χ4v) is 3.29. The number of fused-ring (bicyclic) bond motifs is 1. The molecule has 2 unspecified atom stereocenters. The first-order valence-corrected chi connectivity index (χ1v) is 6.13. The molecule has 0 aromatic heterocycles. The Morgan fingerprint density at radius 3 is 2.87 bits per heavy atom. The summed E-state index contributed by atoms with van der Waals surface area (Å²) in [6.07, 6.45) is 2.72. The summed E-state index contributed by atoms with van der Waals surface area (Å²) in [5, 5.41) is 0. The average molecular weight is 201 g/mol. The monoisotopic (exact) mass is 201 g/mol. The quantitative estimate of drug-likeness (QED) is 0.726. The molecule has 3 rings (SSSR count). The number of piperidine rings is 1. The van der Waals surface area contributed by atoms with Gasteiger partial charge in [0.2, 0.25) is 0 Å². The van der Waals surface area contributed by atoms with E-state index in [4.69, 9.17) is 0 Å². The van der Waals surface area contributed by atoms with Crippen LogP contribution in [0, 0.1) is 5.92 Å². The maximum absolute atomic E-state index is 2.64. The van der Waals surface area contributed by atoms with Gasteiger partial charge in [-0.05, 0) is 30.9 Å². The van der Waals surface area contributed by atoms with Crippen molar-refractivity contribution in [1.29, 1.82) is 0 Å². The lowest BCUT2D eigenvalue weighted by molar-refractivity contribution is 0.299. The molecule has 1 saturated carbocycles. The molecule has 0 radical (unpaired) electrons. The number of rotatable bonds is 3. The lowest BCUT2D eigenvalue weighted by atomic mass is 9.95. The van der Waals surface area contributed by atoms with Gasteiger partial charge >= 0.3 is 0 Å². The Hall–Kier alpha value is -0.820. The lowest BCUT2D eigenvalue weighted by Crippen LogP contribution is -2.27. The molecule has 1 nitrogen and oxygen atoms in total. The maximum Gasteiger partial charge on any atom is 0.0124 e. The molecular weight excluding hydrogens is 182 g/mol. The molecule has 0 spiro atoms. The highest BCUT2D eigenvalue weighted by atomic mass is 15.2. The van der Waals surface area contributed by atoms with E-state index in [-0.39, 0.29) is 0 Å². The Morgan fingerprint density at radius 2 is 2.13 bits per heavy atom. The van der Waals surface area contributed by atoms with Crippen molar-refractivity contribution in [3.63, 3.8) is 0 Å². The number of hydrogen-bond acceptors (Lipinski definition) is 1. The van der Waals surface area contributed by atoms with Crippen molar-refractivity contribution in [2.75, 3.05) is 19.6 Å². The van der Waals surface area contributed by atoms with E-state index in [0.717, 1.165) is 5.92 Å². The van der Waals surface area contributed by atoms with Gasteiger partial charge in [-0.15, -0.1) is 0 Å². The Balaban J connectivity index is 1.79. The predicted molar refractivity (Wildman–Crippen MR) is 63.0 cm³/mol. The second-order valence-electron chi connectivity index (χ2n) is 5.16. The van der Waals surface area contributed by atoms with Crippen LogP contribution in [-0.2, 0) is 5.41 Å². The summed E-state index contributed by atoms with van der Waals surface area (Å²) in [6, 6.07) is 11.1. The normalized spacial score (nSPS) is 34.1. The molecule has 1 saturated heterocycles. The largest absolute Gasteiger partial charge is 0.302 e. The zero-order valence-corrected chi connectivity index (χ0v) is 9.45. The number of nitrogens with zero attached hydrogens (tertiary/aromatic N) is 1. The van der Waals surface area contributed by atoms with Crippen LogP contribution in [0.25, 0.3) is 0 Å². The van der Waals surface area contributed by atoms with Crippen LogP contribution >= 0.6 is 0 Å². The molecule has 1 heteroatoms. The van der Waals surface area contributed by atoms with E-state index >= 15 is 0 Å². The highest BCUT2D eigenvalue weighted by molar-refractivity contribution is 5.36. The van der Waals surface area contributed by atoms with E-state index in [1.54, 1.807) is 5.56 Å². The molecule has 2 fully saturated rings. The van der Waals surface area contributed by atoms with Gasteiger partial charge in [0.15, 0.2) is 0 Å². The van der Waals surface area contributed by atoms with Crippen LogP contribution in [0.2, 0.25) is 0 Å². The van der Waals surface area contributed by atoms with Crippen LogP contribution in [-0.4, -0.2) is 24.5 Å². The first-order valence-electron chi connectivity index (χ1n) is 6.13. The minimum Gasteiger partial charge on any atom is -0.302 e.